The highest BCUT2D eigenvalue weighted by Crippen LogP contribution is 2.33. The van der Waals surface area contributed by atoms with Crippen molar-refractivity contribution in [2.45, 2.75) is 6.67 Å². The van der Waals surface area contributed by atoms with Crippen molar-refractivity contribution < 1.29 is 13.9 Å². The fourth-order valence-corrected chi connectivity index (χ4v) is 1.17. The zero-order chi connectivity index (χ0) is 9.84. The Labute approximate surface area is 76.3 Å². The van der Waals surface area contributed by atoms with Crippen LogP contribution >= 0.6 is 0 Å². The topological polar surface area (TPSA) is 44.5 Å². The number of nitrogen functional groups attached to an aromatic ring is 1. The van der Waals surface area contributed by atoms with E-state index in [1.165, 1.54) is 20.3 Å². The third kappa shape index (κ3) is 1.83. The second-order valence-corrected chi connectivity index (χ2v) is 2.55. The number of hydrogen-bond acceptors (Lipinski definition) is 3. The molecule has 0 saturated heterocycles. The number of ether oxygens (including phenoxy) is 2. The van der Waals surface area contributed by atoms with Crippen LogP contribution in [0.25, 0.3) is 0 Å². The van der Waals surface area contributed by atoms with Gasteiger partial charge in [0.05, 0.1) is 14.2 Å². The molecule has 0 radical (unpaired) electrons. The summed E-state index contributed by atoms with van der Waals surface area (Å²) in [6.45, 7) is -0.620. The summed E-state index contributed by atoms with van der Waals surface area (Å²) in [7, 11) is 2.95. The minimum absolute atomic E-state index is 0.402. The summed E-state index contributed by atoms with van der Waals surface area (Å²) in [5.41, 5.74) is 6.40. The summed E-state index contributed by atoms with van der Waals surface area (Å²) in [4.78, 5) is 0. The van der Waals surface area contributed by atoms with Crippen LogP contribution < -0.4 is 15.2 Å². The predicted octanol–water partition coefficient (Wildman–Crippen LogP) is 1.76. The number of nitrogens with two attached hydrogens (primary N) is 1. The van der Waals surface area contributed by atoms with E-state index in [4.69, 9.17) is 15.2 Å². The normalized spacial score (nSPS) is 9.77. The Balaban J connectivity index is 3.25. The van der Waals surface area contributed by atoms with Gasteiger partial charge < -0.3 is 15.2 Å². The lowest BCUT2D eigenvalue weighted by Gasteiger charge is -2.11. The third-order valence-corrected chi connectivity index (χ3v) is 1.72. The van der Waals surface area contributed by atoms with Gasteiger partial charge in [0.15, 0.2) is 11.5 Å². The number of hydrogen-bond donors (Lipinski definition) is 1. The predicted molar refractivity (Wildman–Crippen MR) is 48.8 cm³/mol. The van der Waals surface area contributed by atoms with Crippen LogP contribution in [0, 0.1) is 0 Å². The molecule has 0 amide bonds. The maximum atomic E-state index is 12.5. The van der Waals surface area contributed by atoms with E-state index in [-0.39, 0.29) is 0 Å². The minimum atomic E-state index is -0.620. The van der Waals surface area contributed by atoms with Crippen LogP contribution in [0.4, 0.5) is 10.1 Å². The van der Waals surface area contributed by atoms with Crippen molar-refractivity contribution in [3.63, 3.8) is 0 Å². The van der Waals surface area contributed by atoms with Crippen LogP contribution in [-0.2, 0) is 6.67 Å². The first-order valence-electron chi connectivity index (χ1n) is 3.79. The maximum absolute atomic E-state index is 12.5. The van der Waals surface area contributed by atoms with Gasteiger partial charge >= 0.3 is 0 Å². The highest BCUT2D eigenvalue weighted by Gasteiger charge is 2.10. The summed E-state index contributed by atoms with van der Waals surface area (Å²) >= 11 is 0. The van der Waals surface area contributed by atoms with Gasteiger partial charge in [0.25, 0.3) is 0 Å². The summed E-state index contributed by atoms with van der Waals surface area (Å²) in [5, 5.41) is 0. The number of methoxy groups -OCH3 is 2. The van der Waals surface area contributed by atoms with Gasteiger partial charge in [-0.25, -0.2) is 4.39 Å². The summed E-state index contributed by atoms with van der Waals surface area (Å²) in [6.07, 6.45) is 0. The highest BCUT2D eigenvalue weighted by molar-refractivity contribution is 5.56. The molecule has 2 N–H and O–H groups in total. The van der Waals surface area contributed by atoms with Gasteiger partial charge in [-0.2, -0.15) is 0 Å². The number of anilines is 1. The van der Waals surface area contributed by atoms with Crippen LogP contribution in [0.3, 0.4) is 0 Å². The molecule has 0 aliphatic carbocycles. The molecule has 13 heavy (non-hydrogen) atoms. The monoisotopic (exact) mass is 185 g/mol. The van der Waals surface area contributed by atoms with E-state index < -0.39 is 6.67 Å². The van der Waals surface area contributed by atoms with Crippen molar-refractivity contribution in [2.24, 2.45) is 0 Å². The van der Waals surface area contributed by atoms with E-state index in [1.807, 2.05) is 0 Å². The molecular weight excluding hydrogens is 173 g/mol. The molecule has 1 aromatic rings. The second-order valence-electron chi connectivity index (χ2n) is 2.55. The first-order valence-corrected chi connectivity index (χ1v) is 3.79. The molecule has 0 heterocycles. The van der Waals surface area contributed by atoms with E-state index in [0.29, 0.717) is 22.7 Å². The maximum Gasteiger partial charge on any atom is 0.166 e. The van der Waals surface area contributed by atoms with Gasteiger partial charge in [-0.3, -0.25) is 0 Å². The van der Waals surface area contributed by atoms with Crippen LogP contribution in [-0.4, -0.2) is 14.2 Å². The van der Waals surface area contributed by atoms with E-state index in [1.54, 1.807) is 6.07 Å². The van der Waals surface area contributed by atoms with Crippen molar-refractivity contribution in [3.8, 4) is 11.5 Å². The van der Waals surface area contributed by atoms with Gasteiger partial charge in [-0.1, -0.05) is 0 Å². The lowest BCUT2D eigenvalue weighted by molar-refractivity contribution is 0.345. The standard InChI is InChI=1S/C9H12FNO2/c1-12-8-4-7(11)3-6(5-10)9(8)13-2/h3-4H,5,11H2,1-2H3. The fourth-order valence-electron chi connectivity index (χ4n) is 1.17. The SMILES string of the molecule is COc1cc(N)cc(CF)c1OC. The third-order valence-electron chi connectivity index (χ3n) is 1.72. The van der Waals surface area contributed by atoms with Gasteiger partial charge in [0.2, 0.25) is 0 Å². The van der Waals surface area contributed by atoms with Crippen molar-refractivity contribution in [1.29, 1.82) is 0 Å². The number of rotatable bonds is 3. The number of halogens is 1. The number of benzene rings is 1. The molecule has 1 aromatic carbocycles. The highest BCUT2D eigenvalue weighted by atomic mass is 19.1. The average molecular weight is 185 g/mol. The van der Waals surface area contributed by atoms with Crippen LogP contribution in [0.5, 0.6) is 11.5 Å². The largest absolute Gasteiger partial charge is 0.493 e. The second kappa shape index (κ2) is 3.98. The average Bonchev–Trinajstić information content (AvgIpc) is 2.16. The Morgan fingerprint density at radius 3 is 2.46 bits per heavy atom. The molecule has 0 unspecified atom stereocenters. The van der Waals surface area contributed by atoms with Crippen LogP contribution in [0.2, 0.25) is 0 Å². The molecule has 0 atom stereocenters. The van der Waals surface area contributed by atoms with E-state index in [0.717, 1.165) is 0 Å². The van der Waals surface area contributed by atoms with E-state index in [2.05, 4.69) is 0 Å². The summed E-state index contributed by atoms with van der Waals surface area (Å²) < 4.78 is 22.5. The van der Waals surface area contributed by atoms with E-state index >= 15 is 0 Å². The van der Waals surface area contributed by atoms with Gasteiger partial charge in [-0.15, -0.1) is 0 Å². The lowest BCUT2D eigenvalue weighted by Crippen LogP contribution is -1.97. The lowest BCUT2D eigenvalue weighted by atomic mass is 10.2. The molecule has 0 aliphatic heterocycles. The molecule has 4 heteroatoms. The van der Waals surface area contributed by atoms with Gasteiger partial charge in [0, 0.05) is 17.3 Å². The first-order chi connectivity index (χ1) is 6.22. The molecule has 72 valence electrons. The summed E-state index contributed by atoms with van der Waals surface area (Å²) in [5.74, 6) is 0.856. The van der Waals surface area contributed by atoms with Crippen LogP contribution in [0.1, 0.15) is 5.56 Å². The van der Waals surface area contributed by atoms with Crippen molar-refractivity contribution in [3.05, 3.63) is 17.7 Å². The zero-order valence-electron chi connectivity index (χ0n) is 7.63. The quantitative estimate of drug-likeness (QED) is 0.729. The smallest absolute Gasteiger partial charge is 0.166 e. The number of alkyl halides is 1. The molecule has 0 aromatic heterocycles. The Bertz CT molecular complexity index is 277. The molecule has 0 fully saturated rings. The molecule has 0 bridgehead atoms. The molecule has 3 nitrogen and oxygen atoms in total. The zero-order valence-corrected chi connectivity index (χ0v) is 7.63. The Morgan fingerprint density at radius 2 is 2.00 bits per heavy atom. The Kier molecular flexibility index (Phi) is 2.95. The van der Waals surface area contributed by atoms with Crippen LogP contribution in [0.15, 0.2) is 12.1 Å². The Hall–Kier alpha value is -1.45. The molecule has 0 aliphatic rings. The van der Waals surface area contributed by atoms with Gasteiger partial charge in [-0.05, 0) is 6.07 Å². The van der Waals surface area contributed by atoms with Crippen molar-refractivity contribution in [1.82, 2.24) is 0 Å². The molecule has 0 spiro atoms. The first kappa shape index (κ1) is 9.64. The Morgan fingerprint density at radius 1 is 1.31 bits per heavy atom. The van der Waals surface area contributed by atoms with Gasteiger partial charge in [0.1, 0.15) is 6.67 Å². The van der Waals surface area contributed by atoms with Crippen molar-refractivity contribution >= 4 is 5.69 Å². The van der Waals surface area contributed by atoms with E-state index in [9.17, 15) is 4.39 Å². The molecule has 1 rings (SSSR count). The summed E-state index contributed by atoms with van der Waals surface area (Å²) in [6, 6.07) is 3.12. The molecular formula is C9H12FNO2. The molecule has 0 saturated carbocycles. The minimum Gasteiger partial charge on any atom is -0.493 e. The van der Waals surface area contributed by atoms with Crippen molar-refractivity contribution in [2.75, 3.05) is 20.0 Å². The fraction of sp³-hybridized carbons (Fsp3) is 0.333.